The molecule has 0 aromatic heterocycles. The topological polar surface area (TPSA) is 56.7 Å². The van der Waals surface area contributed by atoms with Gasteiger partial charge in [-0.15, -0.1) is 0 Å². The van der Waals surface area contributed by atoms with Crippen molar-refractivity contribution in [3.05, 3.63) is 35.4 Å². The monoisotopic (exact) mass is 370 g/mol. The van der Waals surface area contributed by atoms with E-state index in [0.717, 1.165) is 38.2 Å². The first-order chi connectivity index (χ1) is 13.1. The van der Waals surface area contributed by atoms with Crippen LogP contribution >= 0.6 is 0 Å². The second-order valence-electron chi connectivity index (χ2n) is 8.28. The van der Waals surface area contributed by atoms with Gasteiger partial charge in [0, 0.05) is 40.2 Å². The Kier molecular flexibility index (Phi) is 6.40. The molecule has 2 aliphatic carbocycles. The number of fused-ring (bicyclic) bond motifs is 1. The normalized spacial score (nSPS) is 21.4. The lowest BCUT2D eigenvalue weighted by molar-refractivity contribution is -0.138. The van der Waals surface area contributed by atoms with Crippen molar-refractivity contribution in [2.24, 2.45) is 10.4 Å². The molecule has 0 aliphatic heterocycles. The lowest BCUT2D eigenvalue weighted by Crippen LogP contribution is -2.49. The Bertz CT molecular complexity index is 677. The van der Waals surface area contributed by atoms with Crippen LogP contribution in [0.15, 0.2) is 29.3 Å². The van der Waals surface area contributed by atoms with E-state index >= 15 is 0 Å². The van der Waals surface area contributed by atoms with Crippen molar-refractivity contribution < 1.29 is 4.79 Å². The molecule has 5 heteroatoms. The highest BCUT2D eigenvalue weighted by Gasteiger charge is 2.42. The number of nitrogens with one attached hydrogen (secondary N) is 2. The van der Waals surface area contributed by atoms with Crippen molar-refractivity contribution in [2.45, 2.75) is 50.9 Å². The van der Waals surface area contributed by atoms with E-state index in [2.05, 4.69) is 39.9 Å². The number of rotatable bonds is 5. The molecule has 1 atom stereocenters. The van der Waals surface area contributed by atoms with E-state index in [9.17, 15) is 4.79 Å². The zero-order chi connectivity index (χ0) is 19.3. The fourth-order valence-electron chi connectivity index (χ4n) is 4.75. The van der Waals surface area contributed by atoms with Crippen LogP contribution in [0.1, 0.15) is 55.6 Å². The van der Waals surface area contributed by atoms with Gasteiger partial charge in [-0.3, -0.25) is 9.79 Å². The summed E-state index contributed by atoms with van der Waals surface area (Å²) >= 11 is 0. The van der Waals surface area contributed by atoms with Crippen LogP contribution in [0.2, 0.25) is 0 Å². The van der Waals surface area contributed by atoms with Gasteiger partial charge in [0.05, 0.1) is 5.41 Å². The van der Waals surface area contributed by atoms with E-state index in [-0.39, 0.29) is 11.3 Å². The molecule has 1 saturated carbocycles. The molecule has 3 rings (SSSR count). The van der Waals surface area contributed by atoms with Gasteiger partial charge >= 0.3 is 0 Å². The molecule has 1 amide bonds. The van der Waals surface area contributed by atoms with Crippen LogP contribution in [0.3, 0.4) is 0 Å². The number of amides is 1. The zero-order valence-corrected chi connectivity index (χ0v) is 17.1. The maximum atomic E-state index is 12.7. The summed E-state index contributed by atoms with van der Waals surface area (Å²) in [5.74, 6) is 1.57. The van der Waals surface area contributed by atoms with Gasteiger partial charge in [-0.2, -0.15) is 0 Å². The minimum Gasteiger partial charge on any atom is -0.356 e. The molecular formula is C22H34N4O. The fraction of sp³-hybridized carbons (Fsp3) is 0.636. The van der Waals surface area contributed by atoms with Crippen LogP contribution in [0.4, 0.5) is 0 Å². The number of benzene rings is 1. The number of carbonyl (C=O) groups excluding carboxylic acids is 1. The third-order valence-electron chi connectivity index (χ3n) is 6.25. The summed E-state index contributed by atoms with van der Waals surface area (Å²) in [5, 5.41) is 6.95. The van der Waals surface area contributed by atoms with Crippen LogP contribution in [-0.4, -0.2) is 51.0 Å². The van der Waals surface area contributed by atoms with Crippen LogP contribution in [0.5, 0.6) is 0 Å². The number of nitrogens with zero attached hydrogens (tertiary/aromatic N) is 2. The van der Waals surface area contributed by atoms with Gasteiger partial charge < -0.3 is 15.5 Å². The minimum atomic E-state index is -0.279. The van der Waals surface area contributed by atoms with Crippen molar-refractivity contribution in [2.75, 3.05) is 34.2 Å². The Balaban J connectivity index is 1.58. The van der Waals surface area contributed by atoms with Crippen LogP contribution in [0, 0.1) is 5.41 Å². The molecular weight excluding hydrogens is 336 g/mol. The first-order valence-electron chi connectivity index (χ1n) is 10.3. The summed E-state index contributed by atoms with van der Waals surface area (Å²) in [6, 6.07) is 8.80. The van der Waals surface area contributed by atoms with Gasteiger partial charge in [-0.1, -0.05) is 37.1 Å². The Morgan fingerprint density at radius 2 is 1.93 bits per heavy atom. The van der Waals surface area contributed by atoms with E-state index < -0.39 is 0 Å². The molecule has 27 heavy (non-hydrogen) atoms. The molecule has 0 bridgehead atoms. The number of carbonyl (C=O) groups is 1. The quantitative estimate of drug-likeness (QED) is 0.619. The third kappa shape index (κ3) is 4.45. The lowest BCUT2D eigenvalue weighted by Gasteiger charge is -2.32. The molecule has 0 radical (unpaired) electrons. The highest BCUT2D eigenvalue weighted by atomic mass is 16.2. The Morgan fingerprint density at radius 1 is 1.19 bits per heavy atom. The maximum absolute atomic E-state index is 12.7. The smallest absolute Gasteiger partial charge is 0.230 e. The largest absolute Gasteiger partial charge is 0.356 e. The molecule has 0 heterocycles. The Labute approximate surface area is 163 Å². The molecule has 2 N–H and O–H groups in total. The average Bonchev–Trinajstić information content (AvgIpc) is 3.17. The molecule has 1 fully saturated rings. The molecule has 1 aromatic rings. The van der Waals surface area contributed by atoms with Crippen LogP contribution < -0.4 is 10.6 Å². The summed E-state index contributed by atoms with van der Waals surface area (Å²) in [6.45, 7) is 1.54. The first-order valence-corrected chi connectivity index (χ1v) is 10.3. The highest BCUT2D eigenvalue weighted by molar-refractivity contribution is 5.85. The summed E-state index contributed by atoms with van der Waals surface area (Å²) in [7, 11) is 5.52. The van der Waals surface area contributed by atoms with Crippen molar-refractivity contribution in [1.82, 2.24) is 15.5 Å². The second-order valence-corrected chi connectivity index (χ2v) is 8.28. The van der Waals surface area contributed by atoms with Crippen LogP contribution in [-0.2, 0) is 11.2 Å². The number of hydrogen-bond donors (Lipinski definition) is 2. The van der Waals surface area contributed by atoms with Gasteiger partial charge in [0.25, 0.3) is 0 Å². The fourth-order valence-corrected chi connectivity index (χ4v) is 4.75. The predicted octanol–water partition coefficient (Wildman–Crippen LogP) is 2.92. The van der Waals surface area contributed by atoms with Crippen molar-refractivity contribution in [1.29, 1.82) is 0 Å². The van der Waals surface area contributed by atoms with E-state index in [4.69, 9.17) is 0 Å². The van der Waals surface area contributed by atoms with E-state index in [1.807, 2.05) is 14.1 Å². The SMILES string of the molecule is CN=C(NCC1CCCc2ccccc21)NCC1(C(=O)N(C)C)CCCC1. The zero-order valence-electron chi connectivity index (χ0n) is 17.1. The van der Waals surface area contributed by atoms with Crippen LogP contribution in [0.25, 0.3) is 0 Å². The molecule has 0 spiro atoms. The molecule has 148 valence electrons. The van der Waals surface area contributed by atoms with Crippen molar-refractivity contribution in [3.63, 3.8) is 0 Å². The lowest BCUT2D eigenvalue weighted by atomic mass is 9.83. The third-order valence-corrected chi connectivity index (χ3v) is 6.25. The van der Waals surface area contributed by atoms with Gasteiger partial charge in [0.1, 0.15) is 0 Å². The van der Waals surface area contributed by atoms with E-state index in [0.29, 0.717) is 12.5 Å². The van der Waals surface area contributed by atoms with Gasteiger partial charge in [-0.05, 0) is 43.2 Å². The summed E-state index contributed by atoms with van der Waals surface area (Å²) in [4.78, 5) is 18.9. The predicted molar refractivity (Wildman–Crippen MR) is 111 cm³/mol. The highest BCUT2D eigenvalue weighted by Crippen LogP contribution is 2.39. The van der Waals surface area contributed by atoms with Gasteiger partial charge in [0.2, 0.25) is 5.91 Å². The van der Waals surface area contributed by atoms with Crippen molar-refractivity contribution >= 4 is 11.9 Å². The number of aryl methyl sites for hydroxylation is 1. The molecule has 1 unspecified atom stereocenters. The maximum Gasteiger partial charge on any atom is 0.230 e. The molecule has 2 aliphatic rings. The Hall–Kier alpha value is -2.04. The van der Waals surface area contributed by atoms with Gasteiger partial charge in [-0.25, -0.2) is 0 Å². The number of hydrogen-bond acceptors (Lipinski definition) is 2. The molecule has 5 nitrogen and oxygen atoms in total. The summed E-state index contributed by atoms with van der Waals surface area (Å²) < 4.78 is 0. The van der Waals surface area contributed by atoms with E-state index in [1.165, 1.54) is 30.4 Å². The Morgan fingerprint density at radius 3 is 2.63 bits per heavy atom. The number of guanidine groups is 1. The van der Waals surface area contributed by atoms with E-state index in [1.54, 1.807) is 11.9 Å². The summed E-state index contributed by atoms with van der Waals surface area (Å²) in [6.07, 6.45) is 7.83. The second kappa shape index (κ2) is 8.77. The number of aliphatic imine (C=N–C) groups is 1. The minimum absolute atomic E-state index is 0.240. The van der Waals surface area contributed by atoms with Crippen molar-refractivity contribution in [3.8, 4) is 0 Å². The van der Waals surface area contributed by atoms with Gasteiger partial charge in [0.15, 0.2) is 5.96 Å². The molecule has 1 aromatic carbocycles. The first kappa shape index (κ1) is 19.7. The average molecular weight is 371 g/mol. The summed E-state index contributed by atoms with van der Waals surface area (Å²) in [5.41, 5.74) is 2.68. The molecule has 0 saturated heterocycles. The standard InChI is InChI=1S/C22H34N4O/c1-23-21(25-16-22(13-6-7-14-22)20(27)26(2)3)24-15-18-11-8-10-17-9-4-5-12-19(17)18/h4-5,9,12,18H,6-8,10-11,13-16H2,1-3H3,(H2,23,24,25).